The van der Waals surface area contributed by atoms with Crippen LogP contribution in [0.25, 0.3) is 0 Å². The lowest BCUT2D eigenvalue weighted by Crippen LogP contribution is -2.26. The zero-order chi connectivity index (χ0) is 10.4. The van der Waals surface area contributed by atoms with E-state index in [0.717, 1.165) is 17.4 Å². The van der Waals surface area contributed by atoms with Crippen LogP contribution in [0.2, 0.25) is 0 Å². The minimum atomic E-state index is 0.959. The SMILES string of the molecule is CCN(CC)C(=S)Sc1ccccc1. The van der Waals surface area contributed by atoms with Crippen LogP contribution in [0.15, 0.2) is 35.2 Å². The van der Waals surface area contributed by atoms with Crippen molar-refractivity contribution < 1.29 is 0 Å². The molecule has 0 saturated heterocycles. The Balaban J connectivity index is 2.57. The van der Waals surface area contributed by atoms with Crippen molar-refractivity contribution in [2.24, 2.45) is 0 Å². The molecule has 0 aliphatic heterocycles. The van der Waals surface area contributed by atoms with Gasteiger partial charge in [-0.2, -0.15) is 0 Å². The van der Waals surface area contributed by atoms with Crippen molar-refractivity contribution in [1.82, 2.24) is 4.90 Å². The molecule has 1 aromatic rings. The van der Waals surface area contributed by atoms with Crippen LogP contribution in [-0.4, -0.2) is 22.3 Å². The Hall–Kier alpha value is -0.540. The molecule has 0 aliphatic rings. The lowest BCUT2D eigenvalue weighted by Gasteiger charge is -2.20. The van der Waals surface area contributed by atoms with Gasteiger partial charge in [0.2, 0.25) is 0 Å². The highest BCUT2D eigenvalue weighted by atomic mass is 32.2. The third kappa shape index (κ3) is 3.31. The second-order valence-corrected chi connectivity index (χ2v) is 4.56. The summed E-state index contributed by atoms with van der Waals surface area (Å²) in [4.78, 5) is 3.40. The minimum Gasteiger partial charge on any atom is -0.358 e. The lowest BCUT2D eigenvalue weighted by atomic mass is 10.4. The van der Waals surface area contributed by atoms with E-state index in [0.29, 0.717) is 0 Å². The Labute approximate surface area is 95.5 Å². The number of rotatable bonds is 3. The maximum absolute atomic E-state index is 5.34. The van der Waals surface area contributed by atoms with Crippen LogP contribution >= 0.6 is 24.0 Å². The van der Waals surface area contributed by atoms with Crippen molar-refractivity contribution >= 4 is 28.3 Å². The van der Waals surface area contributed by atoms with E-state index in [1.54, 1.807) is 11.8 Å². The standard InChI is InChI=1S/C11H15NS2/c1-3-12(4-2)11(13)14-10-8-6-5-7-9-10/h5-9H,3-4H2,1-2H3. The number of thiocarbonyl (C=S) groups is 1. The highest BCUT2D eigenvalue weighted by Crippen LogP contribution is 2.20. The molecule has 0 aliphatic carbocycles. The Morgan fingerprint density at radius 3 is 2.29 bits per heavy atom. The summed E-state index contributed by atoms with van der Waals surface area (Å²) in [5.74, 6) is 0. The third-order valence-corrected chi connectivity index (χ3v) is 3.42. The number of thioether (sulfide) groups is 1. The predicted octanol–water partition coefficient (Wildman–Crippen LogP) is 3.41. The number of hydrogen-bond acceptors (Lipinski definition) is 2. The average Bonchev–Trinajstić information content (AvgIpc) is 2.21. The molecule has 0 atom stereocenters. The summed E-state index contributed by atoms with van der Waals surface area (Å²) in [5.41, 5.74) is 0. The van der Waals surface area contributed by atoms with Crippen molar-refractivity contribution in [2.45, 2.75) is 18.7 Å². The molecule has 0 N–H and O–H groups in total. The van der Waals surface area contributed by atoms with Crippen LogP contribution in [-0.2, 0) is 0 Å². The van der Waals surface area contributed by atoms with Gasteiger partial charge in [-0.15, -0.1) is 0 Å². The van der Waals surface area contributed by atoms with E-state index in [2.05, 4.69) is 30.9 Å². The highest BCUT2D eigenvalue weighted by Gasteiger charge is 2.05. The van der Waals surface area contributed by atoms with Gasteiger partial charge in [-0.25, -0.2) is 0 Å². The smallest absolute Gasteiger partial charge is 0.141 e. The molecule has 0 saturated carbocycles. The molecule has 0 aromatic heterocycles. The fourth-order valence-electron chi connectivity index (χ4n) is 1.14. The Bertz CT molecular complexity index is 281. The van der Waals surface area contributed by atoms with Gasteiger partial charge in [0.05, 0.1) is 0 Å². The van der Waals surface area contributed by atoms with E-state index < -0.39 is 0 Å². The first kappa shape index (κ1) is 11.5. The van der Waals surface area contributed by atoms with Gasteiger partial charge in [0, 0.05) is 18.0 Å². The molecule has 3 heteroatoms. The van der Waals surface area contributed by atoms with Gasteiger partial charge in [-0.3, -0.25) is 0 Å². The first-order valence-corrected chi connectivity index (χ1v) is 6.02. The van der Waals surface area contributed by atoms with Crippen LogP contribution < -0.4 is 0 Å². The second-order valence-electron chi connectivity index (χ2n) is 2.85. The van der Waals surface area contributed by atoms with E-state index >= 15 is 0 Å². The quantitative estimate of drug-likeness (QED) is 0.573. The summed E-state index contributed by atoms with van der Waals surface area (Å²) >= 11 is 7.00. The first-order valence-electron chi connectivity index (χ1n) is 4.79. The molecule has 0 fully saturated rings. The van der Waals surface area contributed by atoms with Crippen molar-refractivity contribution in [3.8, 4) is 0 Å². The fraction of sp³-hybridized carbons (Fsp3) is 0.364. The largest absolute Gasteiger partial charge is 0.358 e. The Morgan fingerprint density at radius 2 is 1.79 bits per heavy atom. The van der Waals surface area contributed by atoms with E-state index in [4.69, 9.17) is 12.2 Å². The van der Waals surface area contributed by atoms with Crippen LogP contribution in [0.1, 0.15) is 13.8 Å². The molecule has 14 heavy (non-hydrogen) atoms. The molecule has 76 valence electrons. The molecule has 0 heterocycles. The molecular formula is C11H15NS2. The molecule has 0 bridgehead atoms. The van der Waals surface area contributed by atoms with Crippen LogP contribution in [0, 0.1) is 0 Å². The van der Waals surface area contributed by atoms with E-state index in [-0.39, 0.29) is 0 Å². The van der Waals surface area contributed by atoms with Gasteiger partial charge < -0.3 is 4.90 Å². The zero-order valence-electron chi connectivity index (χ0n) is 8.56. The molecule has 0 radical (unpaired) electrons. The molecule has 1 rings (SSSR count). The van der Waals surface area contributed by atoms with Gasteiger partial charge >= 0.3 is 0 Å². The highest BCUT2D eigenvalue weighted by molar-refractivity contribution is 8.22. The minimum absolute atomic E-state index is 0.959. The van der Waals surface area contributed by atoms with Gasteiger partial charge in [0.1, 0.15) is 4.32 Å². The van der Waals surface area contributed by atoms with Gasteiger partial charge in [0.25, 0.3) is 0 Å². The Morgan fingerprint density at radius 1 is 1.21 bits per heavy atom. The number of benzene rings is 1. The lowest BCUT2D eigenvalue weighted by molar-refractivity contribution is 0.482. The molecule has 0 unspecified atom stereocenters. The third-order valence-electron chi connectivity index (χ3n) is 1.97. The summed E-state index contributed by atoms with van der Waals surface area (Å²) in [6, 6.07) is 10.3. The monoisotopic (exact) mass is 225 g/mol. The molecular weight excluding hydrogens is 210 g/mol. The number of hydrogen-bond donors (Lipinski definition) is 0. The predicted molar refractivity (Wildman–Crippen MR) is 67.8 cm³/mol. The summed E-state index contributed by atoms with van der Waals surface area (Å²) < 4.78 is 0.959. The van der Waals surface area contributed by atoms with E-state index in [9.17, 15) is 0 Å². The van der Waals surface area contributed by atoms with Crippen LogP contribution in [0.4, 0.5) is 0 Å². The first-order chi connectivity index (χ1) is 6.77. The second kappa shape index (κ2) is 6.04. The maximum atomic E-state index is 5.34. The van der Waals surface area contributed by atoms with Crippen molar-refractivity contribution in [3.05, 3.63) is 30.3 Å². The van der Waals surface area contributed by atoms with Gasteiger partial charge in [-0.05, 0) is 26.0 Å². The number of nitrogens with zero attached hydrogens (tertiary/aromatic N) is 1. The van der Waals surface area contributed by atoms with Crippen molar-refractivity contribution in [1.29, 1.82) is 0 Å². The van der Waals surface area contributed by atoms with Crippen molar-refractivity contribution in [2.75, 3.05) is 13.1 Å². The molecule has 0 amide bonds. The van der Waals surface area contributed by atoms with E-state index in [1.165, 1.54) is 4.90 Å². The van der Waals surface area contributed by atoms with Gasteiger partial charge in [0.15, 0.2) is 0 Å². The van der Waals surface area contributed by atoms with Crippen LogP contribution in [0.3, 0.4) is 0 Å². The molecule has 1 aromatic carbocycles. The van der Waals surface area contributed by atoms with E-state index in [1.807, 2.05) is 18.2 Å². The summed E-state index contributed by atoms with van der Waals surface area (Å²) in [6.45, 7) is 6.22. The summed E-state index contributed by atoms with van der Waals surface area (Å²) in [6.07, 6.45) is 0. The van der Waals surface area contributed by atoms with Gasteiger partial charge in [-0.1, -0.05) is 42.2 Å². The summed E-state index contributed by atoms with van der Waals surface area (Å²) in [7, 11) is 0. The summed E-state index contributed by atoms with van der Waals surface area (Å²) in [5, 5.41) is 0. The average molecular weight is 225 g/mol. The Kier molecular flexibility index (Phi) is 4.98. The maximum Gasteiger partial charge on any atom is 0.141 e. The molecule has 0 spiro atoms. The van der Waals surface area contributed by atoms with Crippen molar-refractivity contribution in [3.63, 3.8) is 0 Å². The topological polar surface area (TPSA) is 3.24 Å². The fourth-order valence-corrected chi connectivity index (χ4v) is 2.56. The molecule has 1 nitrogen and oxygen atoms in total. The normalized spacial score (nSPS) is 9.86. The van der Waals surface area contributed by atoms with Crippen LogP contribution in [0.5, 0.6) is 0 Å². The zero-order valence-corrected chi connectivity index (χ0v) is 10.2.